The van der Waals surface area contributed by atoms with E-state index in [1.165, 1.54) is 6.07 Å². The van der Waals surface area contributed by atoms with E-state index < -0.39 is 5.63 Å². The molecule has 0 radical (unpaired) electrons. The fraction of sp³-hybridized carbons (Fsp3) is 0.150. The molecule has 26 heavy (non-hydrogen) atoms. The molecular formula is C20H17N3O3. The van der Waals surface area contributed by atoms with Gasteiger partial charge in [-0.1, -0.05) is 18.2 Å². The van der Waals surface area contributed by atoms with Crippen LogP contribution in [0, 0.1) is 6.92 Å². The molecule has 0 aliphatic carbocycles. The van der Waals surface area contributed by atoms with Gasteiger partial charge in [-0.15, -0.1) is 0 Å². The number of para-hydroxylation sites is 2. The van der Waals surface area contributed by atoms with Gasteiger partial charge in [-0.05, 0) is 31.2 Å². The predicted molar refractivity (Wildman–Crippen MR) is 99.2 cm³/mol. The number of anilines is 1. The molecule has 0 amide bonds. The minimum atomic E-state index is -0.597. The van der Waals surface area contributed by atoms with Gasteiger partial charge in [0.25, 0.3) is 0 Å². The summed E-state index contributed by atoms with van der Waals surface area (Å²) >= 11 is 0. The van der Waals surface area contributed by atoms with Gasteiger partial charge in [0, 0.05) is 18.7 Å². The minimum absolute atomic E-state index is 0.0926. The van der Waals surface area contributed by atoms with Gasteiger partial charge in [0.15, 0.2) is 0 Å². The Balaban J connectivity index is 1.88. The summed E-state index contributed by atoms with van der Waals surface area (Å²) in [6.45, 7) is 1.62. The highest BCUT2D eigenvalue weighted by Crippen LogP contribution is 2.35. The SMILES string of the molecule is Cc1cc(O)c(C2=Nc3ccccc3N[C@H](c3ccccn3)C2)c(=O)o1. The Labute approximate surface area is 149 Å². The van der Waals surface area contributed by atoms with Gasteiger partial charge in [-0.2, -0.15) is 0 Å². The number of hydrogen-bond donors (Lipinski definition) is 2. The largest absolute Gasteiger partial charge is 0.507 e. The highest BCUT2D eigenvalue weighted by molar-refractivity contribution is 6.05. The molecule has 1 aliphatic rings. The van der Waals surface area contributed by atoms with Crippen LogP contribution in [0.1, 0.15) is 29.5 Å². The van der Waals surface area contributed by atoms with Gasteiger partial charge in [-0.25, -0.2) is 4.79 Å². The maximum atomic E-state index is 12.4. The maximum absolute atomic E-state index is 12.4. The molecule has 1 aromatic carbocycles. The summed E-state index contributed by atoms with van der Waals surface area (Å²) in [5.74, 6) is 0.224. The van der Waals surface area contributed by atoms with Crippen LogP contribution in [0.3, 0.4) is 0 Å². The molecule has 1 atom stereocenters. The van der Waals surface area contributed by atoms with Crippen LogP contribution in [0.25, 0.3) is 0 Å². The number of benzene rings is 1. The number of hydrogen-bond acceptors (Lipinski definition) is 6. The van der Waals surface area contributed by atoms with Gasteiger partial charge in [0.1, 0.15) is 17.1 Å². The van der Waals surface area contributed by atoms with Gasteiger partial charge in [0.05, 0.1) is 28.8 Å². The number of pyridine rings is 1. The molecule has 1 aliphatic heterocycles. The first-order valence-corrected chi connectivity index (χ1v) is 8.30. The van der Waals surface area contributed by atoms with Crippen molar-refractivity contribution < 1.29 is 9.52 Å². The normalized spacial score (nSPS) is 16.2. The van der Waals surface area contributed by atoms with Crippen LogP contribution >= 0.6 is 0 Å². The van der Waals surface area contributed by atoms with E-state index in [4.69, 9.17) is 4.42 Å². The van der Waals surface area contributed by atoms with Gasteiger partial charge in [-0.3, -0.25) is 9.98 Å². The van der Waals surface area contributed by atoms with E-state index in [2.05, 4.69) is 15.3 Å². The lowest BCUT2D eigenvalue weighted by Gasteiger charge is -2.18. The summed E-state index contributed by atoms with van der Waals surface area (Å²) in [6.07, 6.45) is 2.11. The quantitative estimate of drug-likeness (QED) is 0.737. The molecular weight excluding hydrogens is 330 g/mol. The van der Waals surface area contributed by atoms with Crippen LogP contribution in [-0.4, -0.2) is 15.8 Å². The molecule has 0 saturated carbocycles. The lowest BCUT2D eigenvalue weighted by atomic mass is 10.0. The van der Waals surface area contributed by atoms with Crippen LogP contribution in [0.15, 0.2) is 68.9 Å². The zero-order valence-electron chi connectivity index (χ0n) is 14.1. The van der Waals surface area contributed by atoms with Crippen molar-refractivity contribution in [1.82, 2.24) is 4.98 Å². The Morgan fingerprint density at radius 2 is 2.00 bits per heavy atom. The number of nitrogens with one attached hydrogen (secondary N) is 1. The third-order valence-electron chi connectivity index (χ3n) is 4.27. The van der Waals surface area contributed by atoms with Crippen molar-refractivity contribution in [1.29, 1.82) is 0 Å². The van der Waals surface area contributed by atoms with Crippen molar-refractivity contribution in [2.45, 2.75) is 19.4 Å². The highest BCUT2D eigenvalue weighted by atomic mass is 16.4. The number of aryl methyl sites for hydroxylation is 1. The molecule has 6 heteroatoms. The predicted octanol–water partition coefficient (Wildman–Crippen LogP) is 3.73. The molecule has 0 fully saturated rings. The molecule has 3 heterocycles. The summed E-state index contributed by atoms with van der Waals surface area (Å²) in [4.78, 5) is 21.4. The number of fused-ring (bicyclic) bond motifs is 1. The lowest BCUT2D eigenvalue weighted by molar-refractivity contribution is 0.432. The van der Waals surface area contributed by atoms with Crippen molar-refractivity contribution in [2.75, 3.05) is 5.32 Å². The maximum Gasteiger partial charge on any atom is 0.348 e. The van der Waals surface area contributed by atoms with Gasteiger partial charge >= 0.3 is 5.63 Å². The molecule has 0 bridgehead atoms. The Morgan fingerprint density at radius 1 is 1.19 bits per heavy atom. The zero-order valence-corrected chi connectivity index (χ0v) is 14.1. The topological polar surface area (TPSA) is 87.7 Å². The van der Waals surface area contributed by atoms with Crippen molar-refractivity contribution in [3.8, 4) is 5.75 Å². The van der Waals surface area contributed by atoms with E-state index in [9.17, 15) is 9.90 Å². The van der Waals surface area contributed by atoms with E-state index >= 15 is 0 Å². The van der Waals surface area contributed by atoms with E-state index in [1.54, 1.807) is 13.1 Å². The molecule has 0 unspecified atom stereocenters. The van der Waals surface area contributed by atoms with Crippen molar-refractivity contribution >= 4 is 17.1 Å². The second-order valence-electron chi connectivity index (χ2n) is 6.14. The first-order chi connectivity index (χ1) is 12.6. The zero-order chi connectivity index (χ0) is 18.1. The molecule has 6 nitrogen and oxygen atoms in total. The Morgan fingerprint density at radius 3 is 2.77 bits per heavy atom. The van der Waals surface area contributed by atoms with Crippen LogP contribution in [0.2, 0.25) is 0 Å². The fourth-order valence-electron chi connectivity index (χ4n) is 3.10. The Kier molecular flexibility index (Phi) is 4.01. The molecule has 0 spiro atoms. The lowest BCUT2D eigenvalue weighted by Crippen LogP contribution is -2.20. The van der Waals surface area contributed by atoms with Crippen LogP contribution in [-0.2, 0) is 0 Å². The number of aliphatic imine (C=N–C) groups is 1. The second kappa shape index (κ2) is 6.48. The van der Waals surface area contributed by atoms with E-state index in [0.29, 0.717) is 23.6 Å². The van der Waals surface area contributed by atoms with Crippen molar-refractivity contribution in [3.05, 3.63) is 82.2 Å². The van der Waals surface area contributed by atoms with Crippen LogP contribution in [0.5, 0.6) is 5.75 Å². The number of nitrogens with zero attached hydrogens (tertiary/aromatic N) is 2. The average molecular weight is 347 g/mol. The summed E-state index contributed by atoms with van der Waals surface area (Å²) in [6, 6.07) is 14.5. The molecule has 3 aromatic rings. The fourth-order valence-corrected chi connectivity index (χ4v) is 3.10. The number of aromatic hydroxyl groups is 1. The van der Waals surface area contributed by atoms with E-state index in [0.717, 1.165) is 11.4 Å². The molecule has 0 saturated heterocycles. The molecule has 130 valence electrons. The van der Waals surface area contributed by atoms with Crippen molar-refractivity contribution in [3.63, 3.8) is 0 Å². The third kappa shape index (κ3) is 2.97. The van der Waals surface area contributed by atoms with Crippen molar-refractivity contribution in [2.24, 2.45) is 4.99 Å². The summed E-state index contributed by atoms with van der Waals surface area (Å²) in [5.41, 5.74) is 2.32. The molecule has 2 aromatic heterocycles. The second-order valence-corrected chi connectivity index (χ2v) is 6.14. The Hall–Kier alpha value is -3.41. The summed E-state index contributed by atoms with van der Waals surface area (Å²) in [7, 11) is 0. The third-order valence-corrected chi connectivity index (χ3v) is 4.27. The first kappa shape index (κ1) is 16.1. The van der Waals surface area contributed by atoms with Crippen LogP contribution < -0.4 is 10.9 Å². The van der Waals surface area contributed by atoms with Crippen LogP contribution in [0.4, 0.5) is 11.4 Å². The van der Waals surface area contributed by atoms with Gasteiger partial charge in [0.2, 0.25) is 0 Å². The van der Waals surface area contributed by atoms with E-state index in [-0.39, 0.29) is 17.4 Å². The summed E-state index contributed by atoms with van der Waals surface area (Å²) < 4.78 is 5.18. The Bertz CT molecular complexity index is 1040. The average Bonchev–Trinajstić information content (AvgIpc) is 2.81. The minimum Gasteiger partial charge on any atom is -0.507 e. The monoisotopic (exact) mass is 347 g/mol. The number of aromatic nitrogens is 1. The molecule has 2 N–H and O–H groups in total. The first-order valence-electron chi connectivity index (χ1n) is 8.30. The molecule has 4 rings (SSSR count). The van der Waals surface area contributed by atoms with Gasteiger partial charge < -0.3 is 14.8 Å². The van der Waals surface area contributed by atoms with E-state index in [1.807, 2.05) is 42.5 Å². The standard InChI is InChI=1S/C20H17N3O3/c1-12-10-18(24)19(20(25)26-12)17-11-16(13-6-4-5-9-21-13)22-14-7-2-3-8-15(14)23-17/h2-10,16,22,24H,11H2,1H3/t16-/m0/s1. The summed E-state index contributed by atoms with van der Waals surface area (Å²) in [5, 5.41) is 13.8. The number of rotatable bonds is 2. The smallest absolute Gasteiger partial charge is 0.348 e. The highest BCUT2D eigenvalue weighted by Gasteiger charge is 2.25.